The first kappa shape index (κ1) is 11.5. The second kappa shape index (κ2) is 3.96. The second-order valence-electron chi connectivity index (χ2n) is 4.07. The molecule has 0 spiro atoms. The van der Waals surface area contributed by atoms with Gasteiger partial charge in [-0.25, -0.2) is 10.8 Å². The molecular formula is C11H12BrN5O. The van der Waals surface area contributed by atoms with Crippen LogP contribution in [0.15, 0.2) is 16.9 Å². The highest BCUT2D eigenvalue weighted by molar-refractivity contribution is 9.11. The lowest BCUT2D eigenvalue weighted by molar-refractivity contribution is 0.353. The van der Waals surface area contributed by atoms with Crippen molar-refractivity contribution >= 4 is 27.8 Å². The monoisotopic (exact) mass is 309 g/mol. The summed E-state index contributed by atoms with van der Waals surface area (Å²) in [4.78, 5) is 10.7. The number of hydrogen-bond donors (Lipinski definition) is 1. The predicted molar refractivity (Wildman–Crippen MR) is 71.7 cm³/mol. The molecule has 3 rings (SSSR count). The fourth-order valence-electron chi connectivity index (χ4n) is 2.15. The zero-order valence-corrected chi connectivity index (χ0v) is 11.5. The molecule has 2 N–H and O–H groups in total. The molecule has 18 heavy (non-hydrogen) atoms. The Balaban J connectivity index is 2.22. The lowest BCUT2D eigenvalue weighted by Gasteiger charge is -2.33. The second-order valence-corrected chi connectivity index (χ2v) is 4.99. The Morgan fingerprint density at radius 2 is 2.17 bits per heavy atom. The van der Waals surface area contributed by atoms with Crippen LogP contribution in [0.25, 0.3) is 6.08 Å². The maximum atomic E-state index is 5.90. The van der Waals surface area contributed by atoms with Crippen LogP contribution in [0.4, 0.5) is 5.82 Å². The lowest BCUT2D eigenvalue weighted by Crippen LogP contribution is -2.44. The third-order valence-electron chi connectivity index (χ3n) is 2.91. The Hall–Kier alpha value is -1.60. The summed E-state index contributed by atoms with van der Waals surface area (Å²) in [6.07, 6.45) is 5.56. The van der Waals surface area contributed by atoms with Gasteiger partial charge in [-0.2, -0.15) is 4.98 Å². The van der Waals surface area contributed by atoms with Gasteiger partial charge in [-0.3, -0.25) is 5.01 Å². The molecule has 7 heteroatoms. The minimum absolute atomic E-state index is 0.0866. The Kier molecular flexibility index (Phi) is 2.53. The van der Waals surface area contributed by atoms with Crippen LogP contribution in [0.3, 0.4) is 0 Å². The van der Waals surface area contributed by atoms with Gasteiger partial charge in [0.05, 0.1) is 12.7 Å². The molecule has 1 aromatic rings. The van der Waals surface area contributed by atoms with Crippen molar-refractivity contribution < 1.29 is 4.74 Å². The standard InChI is InChI=1S/C11H12BrN5O/c1-6-14-9-7(10(15-6)18-2)5-8(12)11-16(9)3-4-17(11)13/h3-5,11H,13H2,1-2H3. The van der Waals surface area contributed by atoms with Gasteiger partial charge in [-0.05, 0) is 13.0 Å². The number of rotatable bonds is 1. The fourth-order valence-corrected chi connectivity index (χ4v) is 2.84. The van der Waals surface area contributed by atoms with Gasteiger partial charge in [-0.1, -0.05) is 15.9 Å². The summed E-state index contributed by atoms with van der Waals surface area (Å²) in [5, 5.41) is 1.62. The molecule has 0 saturated heterocycles. The molecule has 1 unspecified atom stereocenters. The number of fused-ring (bicyclic) bond motifs is 3. The van der Waals surface area contributed by atoms with E-state index in [1.54, 1.807) is 18.3 Å². The first-order chi connectivity index (χ1) is 8.61. The van der Waals surface area contributed by atoms with E-state index < -0.39 is 0 Å². The average molecular weight is 310 g/mol. The topological polar surface area (TPSA) is 67.5 Å². The Bertz CT molecular complexity index is 571. The van der Waals surface area contributed by atoms with E-state index in [2.05, 4.69) is 25.9 Å². The van der Waals surface area contributed by atoms with E-state index in [0.717, 1.165) is 15.9 Å². The molecule has 0 radical (unpaired) electrons. The maximum Gasteiger partial charge on any atom is 0.226 e. The number of nitrogens with two attached hydrogens (primary N) is 1. The van der Waals surface area contributed by atoms with E-state index in [1.807, 2.05) is 24.1 Å². The third-order valence-corrected chi connectivity index (χ3v) is 3.55. The van der Waals surface area contributed by atoms with Crippen molar-refractivity contribution in [3.05, 3.63) is 28.3 Å². The average Bonchev–Trinajstić information content (AvgIpc) is 2.73. The number of hydrazine groups is 1. The summed E-state index contributed by atoms with van der Waals surface area (Å²) in [6.45, 7) is 1.84. The highest BCUT2D eigenvalue weighted by atomic mass is 79.9. The summed E-state index contributed by atoms with van der Waals surface area (Å²) >= 11 is 3.53. The van der Waals surface area contributed by atoms with Crippen molar-refractivity contribution in [1.29, 1.82) is 0 Å². The lowest BCUT2D eigenvalue weighted by atomic mass is 10.1. The van der Waals surface area contributed by atoms with Gasteiger partial charge in [-0.15, -0.1) is 0 Å². The Labute approximate surface area is 113 Å². The van der Waals surface area contributed by atoms with E-state index in [1.165, 1.54) is 0 Å². The van der Waals surface area contributed by atoms with Crippen molar-refractivity contribution in [2.75, 3.05) is 12.0 Å². The van der Waals surface area contributed by atoms with Gasteiger partial charge in [0.25, 0.3) is 0 Å². The highest BCUT2D eigenvalue weighted by Gasteiger charge is 2.35. The van der Waals surface area contributed by atoms with E-state index in [4.69, 9.17) is 10.6 Å². The molecule has 94 valence electrons. The van der Waals surface area contributed by atoms with Crippen molar-refractivity contribution in [1.82, 2.24) is 15.0 Å². The first-order valence-electron chi connectivity index (χ1n) is 5.41. The normalized spacial score (nSPS) is 20.7. The van der Waals surface area contributed by atoms with Gasteiger partial charge in [0.15, 0.2) is 6.17 Å². The van der Waals surface area contributed by atoms with E-state index in [0.29, 0.717) is 11.7 Å². The molecule has 0 aromatic carbocycles. The zero-order chi connectivity index (χ0) is 12.9. The summed E-state index contributed by atoms with van der Waals surface area (Å²) in [7, 11) is 1.60. The van der Waals surface area contributed by atoms with Gasteiger partial charge in [0.2, 0.25) is 5.88 Å². The SMILES string of the molecule is COc1nc(C)nc2c1C=C(Br)C1N(N)C=CN21. The van der Waals surface area contributed by atoms with E-state index >= 15 is 0 Å². The van der Waals surface area contributed by atoms with Crippen molar-refractivity contribution in [2.24, 2.45) is 5.84 Å². The van der Waals surface area contributed by atoms with Crippen LogP contribution in [0, 0.1) is 6.92 Å². The highest BCUT2D eigenvalue weighted by Crippen LogP contribution is 2.40. The number of hydrogen-bond acceptors (Lipinski definition) is 6. The number of anilines is 1. The molecule has 0 bridgehead atoms. The number of ether oxygens (including phenoxy) is 1. The molecule has 1 aromatic heterocycles. The van der Waals surface area contributed by atoms with Gasteiger partial charge < -0.3 is 9.64 Å². The van der Waals surface area contributed by atoms with Crippen LogP contribution in [-0.2, 0) is 0 Å². The van der Waals surface area contributed by atoms with Crippen LogP contribution in [-0.4, -0.2) is 28.3 Å². The first-order valence-corrected chi connectivity index (χ1v) is 6.20. The van der Waals surface area contributed by atoms with Crippen LogP contribution in [0.5, 0.6) is 5.88 Å². The molecule has 1 atom stereocenters. The van der Waals surface area contributed by atoms with E-state index in [-0.39, 0.29) is 6.17 Å². The fraction of sp³-hybridized carbons (Fsp3) is 0.273. The third kappa shape index (κ3) is 1.51. The van der Waals surface area contributed by atoms with Gasteiger partial charge in [0, 0.05) is 16.9 Å². The Morgan fingerprint density at radius 1 is 1.39 bits per heavy atom. The number of aromatic nitrogens is 2. The van der Waals surface area contributed by atoms with Gasteiger partial charge >= 0.3 is 0 Å². The number of aryl methyl sites for hydroxylation is 1. The van der Waals surface area contributed by atoms with E-state index in [9.17, 15) is 0 Å². The molecule has 0 amide bonds. The molecule has 0 aliphatic carbocycles. The molecular weight excluding hydrogens is 298 g/mol. The quantitative estimate of drug-likeness (QED) is 0.790. The molecule has 2 aliphatic rings. The van der Waals surface area contributed by atoms with Crippen LogP contribution in [0.1, 0.15) is 11.4 Å². The zero-order valence-electron chi connectivity index (χ0n) is 9.96. The smallest absolute Gasteiger partial charge is 0.226 e. The molecule has 0 saturated carbocycles. The summed E-state index contributed by atoms with van der Waals surface area (Å²) in [5.41, 5.74) is 0.853. The van der Waals surface area contributed by atoms with Crippen molar-refractivity contribution in [3.63, 3.8) is 0 Å². The van der Waals surface area contributed by atoms with Gasteiger partial charge in [0.1, 0.15) is 11.6 Å². The summed E-state index contributed by atoms with van der Waals surface area (Å²) < 4.78 is 6.24. The predicted octanol–water partition coefficient (Wildman–Crippen LogP) is 1.34. The minimum atomic E-state index is -0.0866. The van der Waals surface area contributed by atoms with Crippen LogP contribution < -0.4 is 15.5 Å². The molecule has 6 nitrogen and oxygen atoms in total. The minimum Gasteiger partial charge on any atom is -0.480 e. The summed E-state index contributed by atoms with van der Waals surface area (Å²) in [5.74, 6) is 7.94. The summed E-state index contributed by atoms with van der Waals surface area (Å²) in [6, 6.07) is 0. The number of halogens is 1. The molecule has 2 aliphatic heterocycles. The number of methoxy groups -OCH3 is 1. The number of nitrogens with zero attached hydrogens (tertiary/aromatic N) is 4. The molecule has 0 fully saturated rings. The van der Waals surface area contributed by atoms with Crippen LogP contribution in [0.2, 0.25) is 0 Å². The molecule has 3 heterocycles. The maximum absolute atomic E-state index is 5.90. The Morgan fingerprint density at radius 3 is 2.89 bits per heavy atom. The largest absolute Gasteiger partial charge is 0.480 e. The van der Waals surface area contributed by atoms with Crippen molar-refractivity contribution in [3.8, 4) is 5.88 Å². The van der Waals surface area contributed by atoms with Crippen LogP contribution >= 0.6 is 15.9 Å². The van der Waals surface area contributed by atoms with Crippen molar-refractivity contribution in [2.45, 2.75) is 13.1 Å².